The van der Waals surface area contributed by atoms with Gasteiger partial charge in [0.1, 0.15) is 5.82 Å². The molecule has 0 saturated carbocycles. The van der Waals surface area contributed by atoms with Crippen LogP contribution in [0.15, 0.2) is 12.4 Å². The van der Waals surface area contributed by atoms with Crippen LogP contribution < -0.4 is 5.32 Å². The molecule has 4 rings (SSSR count). The fraction of sp³-hybridized carbons (Fsp3) is 0.762. The molecule has 0 radical (unpaired) electrons. The van der Waals surface area contributed by atoms with Crippen LogP contribution >= 0.6 is 0 Å². The van der Waals surface area contributed by atoms with E-state index in [2.05, 4.69) is 20.2 Å². The molecule has 0 unspecified atom stereocenters. The Morgan fingerprint density at radius 1 is 1.31 bits per heavy atom. The summed E-state index contributed by atoms with van der Waals surface area (Å²) in [5, 5.41) is 2.97. The lowest BCUT2D eigenvalue weighted by molar-refractivity contribution is -0.131. The normalized spacial score (nSPS) is 29.6. The molecule has 0 spiro atoms. The van der Waals surface area contributed by atoms with E-state index < -0.39 is 0 Å². The van der Waals surface area contributed by atoms with Gasteiger partial charge in [0.15, 0.2) is 0 Å². The highest BCUT2D eigenvalue weighted by Crippen LogP contribution is 2.42. The lowest BCUT2D eigenvalue weighted by atomic mass is 9.84. The van der Waals surface area contributed by atoms with E-state index >= 15 is 0 Å². The lowest BCUT2D eigenvalue weighted by Crippen LogP contribution is -2.37. The molecule has 2 amide bonds. The number of likely N-dealkylation sites (tertiary alicyclic amines) is 2. The zero-order valence-corrected chi connectivity index (χ0v) is 17.5. The van der Waals surface area contributed by atoms with Crippen LogP contribution in [0.4, 0.5) is 0 Å². The van der Waals surface area contributed by atoms with Crippen LogP contribution in [0.2, 0.25) is 0 Å². The molecular formula is C21H33N5O3. The van der Waals surface area contributed by atoms with Crippen molar-refractivity contribution in [2.45, 2.75) is 64.3 Å². The third-order valence-electron chi connectivity index (χ3n) is 6.48. The Bertz CT molecular complexity index is 701. The van der Waals surface area contributed by atoms with Crippen molar-refractivity contribution in [3.63, 3.8) is 0 Å². The molecule has 0 aliphatic carbocycles. The number of nitrogens with one attached hydrogen (secondary N) is 2. The molecule has 29 heavy (non-hydrogen) atoms. The first-order valence-electron chi connectivity index (χ1n) is 10.9. The van der Waals surface area contributed by atoms with Crippen LogP contribution in [0.1, 0.15) is 45.4 Å². The van der Waals surface area contributed by atoms with Gasteiger partial charge in [-0.1, -0.05) is 0 Å². The van der Waals surface area contributed by atoms with Crippen molar-refractivity contribution in [1.29, 1.82) is 0 Å². The van der Waals surface area contributed by atoms with E-state index in [0.717, 1.165) is 44.8 Å². The van der Waals surface area contributed by atoms with Crippen molar-refractivity contribution < 1.29 is 14.3 Å². The number of fused-ring (bicyclic) bond motifs is 1. The van der Waals surface area contributed by atoms with Crippen LogP contribution in [-0.2, 0) is 20.9 Å². The molecule has 0 aromatic carbocycles. The number of aromatic amines is 1. The topological polar surface area (TPSA) is 90.6 Å². The Hall–Kier alpha value is -1.93. The number of carbonyl (C=O) groups is 2. The standard InChI is InChI=1S/C21H33N5O3/c1-14(2)24-19(27)10-17-21-15(9-20(28)25-7-3-4-8-25)11-26(16(21)13-29-17)12-18-22-5-6-23-18/h5-6,14-17,21H,3-4,7-13H2,1-2H3,(H,22,23)(H,24,27)/t15-,16-,17+,21-/m1/s1. The summed E-state index contributed by atoms with van der Waals surface area (Å²) < 4.78 is 6.10. The number of carbonyl (C=O) groups excluding carboxylic acids is 2. The van der Waals surface area contributed by atoms with Crippen LogP contribution in [0, 0.1) is 11.8 Å². The summed E-state index contributed by atoms with van der Waals surface area (Å²) in [7, 11) is 0. The molecule has 8 nitrogen and oxygen atoms in total. The number of ether oxygens (including phenoxy) is 1. The highest BCUT2D eigenvalue weighted by molar-refractivity contribution is 5.77. The van der Waals surface area contributed by atoms with Gasteiger partial charge in [-0.25, -0.2) is 4.98 Å². The molecule has 1 aromatic rings. The minimum Gasteiger partial charge on any atom is -0.376 e. The van der Waals surface area contributed by atoms with Gasteiger partial charge in [-0.15, -0.1) is 0 Å². The van der Waals surface area contributed by atoms with Crippen molar-refractivity contribution in [3.05, 3.63) is 18.2 Å². The zero-order chi connectivity index (χ0) is 20.4. The first-order valence-corrected chi connectivity index (χ1v) is 10.9. The molecule has 4 heterocycles. The van der Waals surface area contributed by atoms with Crippen LogP contribution in [-0.4, -0.2) is 76.0 Å². The monoisotopic (exact) mass is 403 g/mol. The van der Waals surface area contributed by atoms with Crippen molar-refractivity contribution in [2.24, 2.45) is 11.8 Å². The smallest absolute Gasteiger partial charge is 0.222 e. The third kappa shape index (κ3) is 4.64. The molecule has 3 fully saturated rings. The summed E-state index contributed by atoms with van der Waals surface area (Å²) in [4.78, 5) is 37.2. The Morgan fingerprint density at radius 3 is 2.79 bits per heavy atom. The van der Waals surface area contributed by atoms with Gasteiger partial charge in [-0.3, -0.25) is 14.5 Å². The molecule has 2 N–H and O–H groups in total. The van der Waals surface area contributed by atoms with Crippen LogP contribution in [0.3, 0.4) is 0 Å². The summed E-state index contributed by atoms with van der Waals surface area (Å²) in [5.41, 5.74) is 0. The zero-order valence-electron chi connectivity index (χ0n) is 17.5. The predicted octanol–water partition coefficient (Wildman–Crippen LogP) is 1.15. The summed E-state index contributed by atoms with van der Waals surface area (Å²) in [6, 6.07) is 0.347. The summed E-state index contributed by atoms with van der Waals surface area (Å²) >= 11 is 0. The Morgan fingerprint density at radius 2 is 2.10 bits per heavy atom. The number of rotatable bonds is 7. The Labute approximate surface area is 172 Å². The second-order valence-electron chi connectivity index (χ2n) is 8.96. The third-order valence-corrected chi connectivity index (χ3v) is 6.48. The van der Waals surface area contributed by atoms with Gasteiger partial charge in [0, 0.05) is 56.5 Å². The maximum Gasteiger partial charge on any atom is 0.222 e. The van der Waals surface area contributed by atoms with Crippen molar-refractivity contribution in [2.75, 3.05) is 26.2 Å². The summed E-state index contributed by atoms with van der Waals surface area (Å²) in [6.07, 6.45) is 6.59. The first-order chi connectivity index (χ1) is 14.0. The Balaban J connectivity index is 1.46. The van der Waals surface area contributed by atoms with E-state index in [0.29, 0.717) is 19.4 Å². The van der Waals surface area contributed by atoms with E-state index in [1.807, 2.05) is 24.9 Å². The van der Waals surface area contributed by atoms with Gasteiger partial charge in [0.05, 0.1) is 25.7 Å². The van der Waals surface area contributed by atoms with Gasteiger partial charge in [-0.05, 0) is 32.6 Å². The average Bonchev–Trinajstić information content (AvgIpc) is 3.43. The van der Waals surface area contributed by atoms with Crippen molar-refractivity contribution in [1.82, 2.24) is 25.1 Å². The van der Waals surface area contributed by atoms with Gasteiger partial charge < -0.3 is 19.9 Å². The molecular weight excluding hydrogens is 370 g/mol. The molecule has 0 bridgehead atoms. The van der Waals surface area contributed by atoms with Crippen molar-refractivity contribution in [3.8, 4) is 0 Å². The fourth-order valence-corrected chi connectivity index (χ4v) is 5.25. The number of imidazole rings is 1. The van der Waals surface area contributed by atoms with Crippen LogP contribution in [0.25, 0.3) is 0 Å². The first kappa shape index (κ1) is 20.3. The van der Waals surface area contributed by atoms with E-state index in [1.165, 1.54) is 0 Å². The number of hydrogen-bond donors (Lipinski definition) is 2. The lowest BCUT2D eigenvalue weighted by Gasteiger charge is -2.25. The van der Waals surface area contributed by atoms with Crippen LogP contribution in [0.5, 0.6) is 0 Å². The minimum absolute atomic E-state index is 0.0276. The predicted molar refractivity (Wildman–Crippen MR) is 108 cm³/mol. The summed E-state index contributed by atoms with van der Waals surface area (Å²) in [6.45, 7) is 7.87. The largest absolute Gasteiger partial charge is 0.376 e. The number of H-pyrrole nitrogens is 1. The average molecular weight is 404 g/mol. The second-order valence-corrected chi connectivity index (χ2v) is 8.96. The quantitative estimate of drug-likeness (QED) is 0.713. The molecule has 3 saturated heterocycles. The Kier molecular flexibility index (Phi) is 6.20. The van der Waals surface area contributed by atoms with Gasteiger partial charge in [0.2, 0.25) is 11.8 Å². The minimum atomic E-state index is -0.128. The maximum atomic E-state index is 12.9. The molecule has 160 valence electrons. The molecule has 8 heteroatoms. The van der Waals surface area contributed by atoms with Gasteiger partial charge >= 0.3 is 0 Å². The SMILES string of the molecule is CC(C)NC(=O)C[C@@H]1OC[C@@H]2[C@H]1[C@H](CC(=O)N1CCCC1)CN2Cc1ncc[nH]1. The van der Waals surface area contributed by atoms with E-state index in [4.69, 9.17) is 4.74 Å². The van der Waals surface area contributed by atoms with Gasteiger partial charge in [-0.2, -0.15) is 0 Å². The number of hydrogen-bond acceptors (Lipinski definition) is 5. The molecule has 3 aliphatic heterocycles. The summed E-state index contributed by atoms with van der Waals surface area (Å²) in [5.74, 6) is 1.62. The fourth-order valence-electron chi connectivity index (χ4n) is 5.25. The second kappa shape index (κ2) is 8.83. The number of nitrogens with zero attached hydrogens (tertiary/aromatic N) is 3. The number of amides is 2. The maximum absolute atomic E-state index is 12.9. The van der Waals surface area contributed by atoms with E-state index in [1.54, 1.807) is 6.20 Å². The molecule has 1 aromatic heterocycles. The number of aromatic nitrogens is 2. The molecule has 3 aliphatic rings. The highest BCUT2D eigenvalue weighted by Gasteiger charge is 2.51. The van der Waals surface area contributed by atoms with E-state index in [9.17, 15) is 9.59 Å². The highest BCUT2D eigenvalue weighted by atomic mass is 16.5. The van der Waals surface area contributed by atoms with E-state index in [-0.39, 0.29) is 41.8 Å². The molecule has 4 atom stereocenters. The van der Waals surface area contributed by atoms with Gasteiger partial charge in [0.25, 0.3) is 0 Å². The van der Waals surface area contributed by atoms with Crippen molar-refractivity contribution >= 4 is 11.8 Å².